The minimum Gasteiger partial charge on any atom is -0.405 e. The number of halogens is 1. The highest BCUT2D eigenvalue weighted by molar-refractivity contribution is 5.73. The number of aromatic nitrogens is 4. The number of rotatable bonds is 5. The summed E-state index contributed by atoms with van der Waals surface area (Å²) in [6.07, 6.45) is 7.64. The summed E-state index contributed by atoms with van der Waals surface area (Å²) < 4.78 is 22.3. The number of ether oxygens (including phenoxy) is 1. The maximum Gasteiger partial charge on any atom is 0.413 e. The van der Waals surface area contributed by atoms with Crippen molar-refractivity contribution in [1.82, 2.24) is 24.5 Å². The number of anilines is 1. The van der Waals surface area contributed by atoms with Gasteiger partial charge in [-0.2, -0.15) is 5.10 Å². The van der Waals surface area contributed by atoms with E-state index in [0.29, 0.717) is 29.5 Å². The van der Waals surface area contributed by atoms with Gasteiger partial charge in [0.15, 0.2) is 5.75 Å². The first-order valence-corrected chi connectivity index (χ1v) is 10.9. The molecule has 1 aliphatic carbocycles. The predicted molar refractivity (Wildman–Crippen MR) is 115 cm³/mol. The van der Waals surface area contributed by atoms with Gasteiger partial charge in [-0.1, -0.05) is 0 Å². The molecule has 2 fully saturated rings. The SMILES string of the molecule is C[C@H](NC(=O)Oc1cnn2ccc(N3CCC[C@@H]3c3cc(F)cn(C)c3=O)nc12)C1CC1. The molecule has 1 saturated carbocycles. The number of amides is 1. The first-order chi connectivity index (χ1) is 15.4. The van der Waals surface area contributed by atoms with E-state index in [0.717, 1.165) is 25.7 Å². The summed E-state index contributed by atoms with van der Waals surface area (Å²) in [5.74, 6) is 0.933. The van der Waals surface area contributed by atoms with E-state index < -0.39 is 11.9 Å². The monoisotopic (exact) mass is 440 g/mol. The van der Waals surface area contributed by atoms with Gasteiger partial charge in [-0.05, 0) is 50.7 Å². The molecule has 0 aromatic carbocycles. The lowest BCUT2D eigenvalue weighted by molar-refractivity contribution is 0.196. The molecule has 10 heteroatoms. The zero-order valence-corrected chi connectivity index (χ0v) is 18.0. The zero-order chi connectivity index (χ0) is 22.4. The molecule has 1 aliphatic heterocycles. The van der Waals surface area contributed by atoms with E-state index in [1.165, 1.54) is 27.5 Å². The largest absolute Gasteiger partial charge is 0.413 e. The van der Waals surface area contributed by atoms with Crippen LogP contribution in [0.4, 0.5) is 15.0 Å². The quantitative estimate of drug-likeness (QED) is 0.656. The van der Waals surface area contributed by atoms with Crippen LogP contribution in [0, 0.1) is 11.7 Å². The van der Waals surface area contributed by atoms with Gasteiger partial charge in [0, 0.05) is 37.6 Å². The summed E-state index contributed by atoms with van der Waals surface area (Å²) in [5, 5.41) is 7.06. The second kappa shape index (κ2) is 7.92. The van der Waals surface area contributed by atoms with Crippen LogP contribution in [0.3, 0.4) is 0 Å². The molecule has 168 valence electrons. The number of hydrogen-bond acceptors (Lipinski definition) is 6. The topological polar surface area (TPSA) is 93.8 Å². The van der Waals surface area contributed by atoms with Gasteiger partial charge in [-0.15, -0.1) is 0 Å². The smallest absolute Gasteiger partial charge is 0.405 e. The number of carbonyl (C=O) groups excluding carboxylic acids is 1. The molecule has 2 atom stereocenters. The summed E-state index contributed by atoms with van der Waals surface area (Å²) in [6.45, 7) is 2.65. The Hall–Kier alpha value is -3.43. The van der Waals surface area contributed by atoms with Crippen molar-refractivity contribution in [2.45, 2.75) is 44.7 Å². The molecule has 1 saturated heterocycles. The molecule has 0 spiro atoms. The first-order valence-electron chi connectivity index (χ1n) is 10.9. The molecule has 4 heterocycles. The molecule has 1 N–H and O–H groups in total. The number of pyridine rings is 1. The van der Waals surface area contributed by atoms with Crippen molar-refractivity contribution >= 4 is 17.6 Å². The third kappa shape index (κ3) is 3.80. The molecule has 0 radical (unpaired) electrons. The average Bonchev–Trinajstić information content (AvgIpc) is 3.38. The molecule has 9 nitrogen and oxygen atoms in total. The van der Waals surface area contributed by atoms with Crippen molar-refractivity contribution in [3.8, 4) is 5.75 Å². The summed E-state index contributed by atoms with van der Waals surface area (Å²) in [6, 6.07) is 2.88. The van der Waals surface area contributed by atoms with E-state index in [-0.39, 0.29) is 23.4 Å². The minimum atomic E-state index is -0.534. The molecule has 3 aromatic heterocycles. The highest BCUT2D eigenvalue weighted by atomic mass is 19.1. The van der Waals surface area contributed by atoms with Crippen LogP contribution >= 0.6 is 0 Å². The summed E-state index contributed by atoms with van der Waals surface area (Å²) >= 11 is 0. The highest BCUT2D eigenvalue weighted by Gasteiger charge is 2.31. The first kappa shape index (κ1) is 20.5. The van der Waals surface area contributed by atoms with Gasteiger partial charge in [0.05, 0.1) is 12.2 Å². The maximum absolute atomic E-state index is 14.0. The zero-order valence-electron chi connectivity index (χ0n) is 18.0. The number of nitrogens with one attached hydrogen (secondary N) is 1. The molecular weight excluding hydrogens is 415 g/mol. The van der Waals surface area contributed by atoms with Crippen LogP contribution in [-0.4, -0.2) is 37.8 Å². The second-order valence-electron chi connectivity index (χ2n) is 8.60. The lowest BCUT2D eigenvalue weighted by atomic mass is 10.1. The van der Waals surface area contributed by atoms with Gasteiger partial charge in [-0.3, -0.25) is 4.79 Å². The fourth-order valence-electron chi connectivity index (χ4n) is 4.40. The Morgan fingerprint density at radius 3 is 2.94 bits per heavy atom. The number of nitrogens with zero attached hydrogens (tertiary/aromatic N) is 5. The Morgan fingerprint density at radius 2 is 2.16 bits per heavy atom. The Balaban J connectivity index is 1.42. The van der Waals surface area contributed by atoms with Crippen LogP contribution < -0.4 is 20.5 Å². The van der Waals surface area contributed by atoms with E-state index in [9.17, 15) is 14.0 Å². The fourth-order valence-corrected chi connectivity index (χ4v) is 4.40. The van der Waals surface area contributed by atoms with Crippen LogP contribution in [0.15, 0.2) is 35.5 Å². The van der Waals surface area contributed by atoms with Gasteiger partial charge in [0.25, 0.3) is 5.56 Å². The van der Waals surface area contributed by atoms with E-state index in [1.54, 1.807) is 19.3 Å². The van der Waals surface area contributed by atoms with Crippen molar-refractivity contribution < 1.29 is 13.9 Å². The lowest BCUT2D eigenvalue weighted by Crippen LogP contribution is -2.36. The Kier molecular flexibility index (Phi) is 5.07. The van der Waals surface area contributed by atoms with Crippen LogP contribution in [0.2, 0.25) is 0 Å². The summed E-state index contributed by atoms with van der Waals surface area (Å²) in [7, 11) is 1.55. The Bertz CT molecular complexity index is 1230. The van der Waals surface area contributed by atoms with E-state index >= 15 is 0 Å². The molecule has 1 amide bonds. The standard InChI is InChI=1S/C22H25FN6O3/c1-13(14-5-6-14)25-22(31)32-18-11-24-29-9-7-19(26-20(18)29)28-8-3-4-17(28)16-10-15(23)12-27(2)21(16)30/h7,9-14,17H,3-6,8H2,1-2H3,(H,25,31)/t13-,17+/m0/s1. The number of hydrogen-bond donors (Lipinski definition) is 1. The third-order valence-corrected chi connectivity index (χ3v) is 6.28. The van der Waals surface area contributed by atoms with Gasteiger partial charge < -0.3 is 19.5 Å². The maximum atomic E-state index is 14.0. The van der Waals surface area contributed by atoms with Gasteiger partial charge >= 0.3 is 6.09 Å². The number of carbonyl (C=O) groups is 1. The molecule has 5 rings (SSSR count). The molecule has 3 aromatic rings. The predicted octanol–water partition coefficient (Wildman–Crippen LogP) is 2.80. The Morgan fingerprint density at radius 1 is 1.34 bits per heavy atom. The molecular formula is C22H25FN6O3. The highest BCUT2D eigenvalue weighted by Crippen LogP contribution is 2.35. The van der Waals surface area contributed by atoms with Crippen LogP contribution in [0.5, 0.6) is 5.75 Å². The lowest BCUT2D eigenvalue weighted by Gasteiger charge is -2.26. The van der Waals surface area contributed by atoms with E-state index in [1.807, 2.05) is 11.8 Å². The van der Waals surface area contributed by atoms with E-state index in [2.05, 4.69) is 15.4 Å². The second-order valence-corrected chi connectivity index (χ2v) is 8.60. The van der Waals surface area contributed by atoms with E-state index in [4.69, 9.17) is 4.74 Å². The van der Waals surface area contributed by atoms with Crippen molar-refractivity contribution in [2.75, 3.05) is 11.4 Å². The normalized spacial score (nSPS) is 19.3. The number of aryl methyl sites for hydroxylation is 1. The van der Waals surface area contributed by atoms with Gasteiger partial charge in [-0.25, -0.2) is 18.7 Å². The Labute approximate surface area is 183 Å². The third-order valence-electron chi connectivity index (χ3n) is 6.28. The van der Waals surface area contributed by atoms with Crippen molar-refractivity contribution in [1.29, 1.82) is 0 Å². The summed E-state index contributed by atoms with van der Waals surface area (Å²) in [4.78, 5) is 31.6. The summed E-state index contributed by atoms with van der Waals surface area (Å²) in [5.41, 5.74) is 0.582. The number of fused-ring (bicyclic) bond motifs is 1. The van der Waals surface area contributed by atoms with Crippen LogP contribution in [0.1, 0.15) is 44.2 Å². The average molecular weight is 440 g/mol. The molecule has 32 heavy (non-hydrogen) atoms. The van der Waals surface area contributed by atoms with Crippen molar-refractivity contribution in [3.63, 3.8) is 0 Å². The molecule has 0 unspecified atom stereocenters. The minimum absolute atomic E-state index is 0.0621. The van der Waals surface area contributed by atoms with Gasteiger partial charge in [0.2, 0.25) is 5.65 Å². The van der Waals surface area contributed by atoms with Crippen molar-refractivity contribution in [2.24, 2.45) is 13.0 Å². The van der Waals surface area contributed by atoms with Gasteiger partial charge in [0.1, 0.15) is 11.6 Å². The van der Waals surface area contributed by atoms with Crippen molar-refractivity contribution in [3.05, 3.63) is 52.5 Å². The van der Waals surface area contributed by atoms with Crippen LogP contribution in [-0.2, 0) is 7.05 Å². The fraction of sp³-hybridized carbons (Fsp3) is 0.455. The molecule has 0 bridgehead atoms. The molecule has 2 aliphatic rings. The van der Waals surface area contributed by atoms with Crippen LogP contribution in [0.25, 0.3) is 5.65 Å².